The van der Waals surface area contributed by atoms with Gasteiger partial charge in [-0.25, -0.2) is 0 Å². The quantitative estimate of drug-likeness (QED) is 0.461. The van der Waals surface area contributed by atoms with E-state index in [1.165, 1.54) is 25.7 Å². The molecule has 6 nitrogen and oxygen atoms in total. The Morgan fingerprint density at radius 2 is 2.24 bits per heavy atom. The highest BCUT2D eigenvalue weighted by Gasteiger charge is 2.42. The van der Waals surface area contributed by atoms with Crippen LogP contribution < -0.4 is 10.6 Å². The number of nitrogens with zero attached hydrogens (tertiary/aromatic N) is 2. The predicted octanol–water partition coefficient (Wildman–Crippen LogP) is 1.76. The Morgan fingerprint density at radius 1 is 1.40 bits per heavy atom. The maximum atomic E-state index is 11.7. The second-order valence-corrected chi connectivity index (χ2v) is 8.12. The molecule has 0 radical (unpaired) electrons. The molecule has 1 aliphatic carbocycles. The molecule has 3 rings (SSSR count). The Kier molecular flexibility index (Phi) is 6.20. The number of piperidine rings is 1. The molecule has 6 heteroatoms. The van der Waals surface area contributed by atoms with Crippen LogP contribution in [0.3, 0.4) is 0 Å². The highest BCUT2D eigenvalue weighted by atomic mass is 16.5. The fourth-order valence-electron chi connectivity index (χ4n) is 4.66. The fourth-order valence-corrected chi connectivity index (χ4v) is 4.66. The van der Waals surface area contributed by atoms with Gasteiger partial charge in [0, 0.05) is 45.1 Å². The molecule has 3 atom stereocenters. The highest BCUT2D eigenvalue weighted by molar-refractivity contribution is 5.81. The number of carbonyl (C=O) groups excluding carboxylic acids is 1. The summed E-state index contributed by atoms with van der Waals surface area (Å²) in [4.78, 5) is 18.4. The predicted molar refractivity (Wildman–Crippen MR) is 99.6 cm³/mol. The first kappa shape index (κ1) is 18.5. The van der Waals surface area contributed by atoms with Gasteiger partial charge in [0.05, 0.1) is 12.7 Å². The normalized spacial score (nSPS) is 33.6. The van der Waals surface area contributed by atoms with Crippen molar-refractivity contribution in [2.75, 3.05) is 39.8 Å². The first-order chi connectivity index (χ1) is 12.1. The SMILES string of the molecule is CN=C(NCCOC1CCCCC1C)N1CCCC2(CNC(=O)C2)C1. The number of guanidine groups is 1. The van der Waals surface area contributed by atoms with Gasteiger partial charge in [-0.3, -0.25) is 9.79 Å². The summed E-state index contributed by atoms with van der Waals surface area (Å²) in [6, 6.07) is 0. The summed E-state index contributed by atoms with van der Waals surface area (Å²) in [5, 5.41) is 6.46. The topological polar surface area (TPSA) is 66.0 Å². The number of nitrogens with one attached hydrogen (secondary N) is 2. The molecule has 0 bridgehead atoms. The van der Waals surface area contributed by atoms with Crippen LogP contribution in [-0.2, 0) is 9.53 Å². The fraction of sp³-hybridized carbons (Fsp3) is 0.895. The smallest absolute Gasteiger partial charge is 0.220 e. The van der Waals surface area contributed by atoms with E-state index in [0.29, 0.717) is 18.4 Å². The number of carbonyl (C=O) groups is 1. The van der Waals surface area contributed by atoms with E-state index in [9.17, 15) is 4.79 Å². The lowest BCUT2D eigenvalue weighted by molar-refractivity contribution is -0.119. The molecule has 3 aliphatic rings. The van der Waals surface area contributed by atoms with Crippen LogP contribution in [0.1, 0.15) is 51.9 Å². The van der Waals surface area contributed by atoms with Gasteiger partial charge in [0.1, 0.15) is 0 Å². The van der Waals surface area contributed by atoms with Crippen LogP contribution in [0.4, 0.5) is 0 Å². The minimum Gasteiger partial charge on any atom is -0.376 e. The number of amides is 1. The van der Waals surface area contributed by atoms with Crippen LogP contribution in [0.5, 0.6) is 0 Å². The molecule has 1 amide bonds. The van der Waals surface area contributed by atoms with Crippen LogP contribution in [0.2, 0.25) is 0 Å². The van der Waals surface area contributed by atoms with E-state index >= 15 is 0 Å². The molecule has 1 saturated carbocycles. The molecule has 2 heterocycles. The largest absolute Gasteiger partial charge is 0.376 e. The molecular weight excluding hydrogens is 316 g/mol. The standard InChI is InChI=1S/C19H34N4O2/c1-15-6-3-4-7-16(15)25-11-9-21-18(20-2)23-10-5-8-19(14-23)12-17(24)22-13-19/h15-16H,3-14H2,1-2H3,(H,20,21)(H,22,24). The number of aliphatic imine (C=N–C) groups is 1. The molecule has 3 fully saturated rings. The molecule has 2 N–H and O–H groups in total. The van der Waals surface area contributed by atoms with Gasteiger partial charge < -0.3 is 20.3 Å². The van der Waals surface area contributed by atoms with Gasteiger partial charge in [-0.05, 0) is 31.6 Å². The molecule has 3 unspecified atom stereocenters. The minimum absolute atomic E-state index is 0.0982. The van der Waals surface area contributed by atoms with Crippen LogP contribution in [-0.4, -0.2) is 62.7 Å². The van der Waals surface area contributed by atoms with Gasteiger partial charge in [-0.15, -0.1) is 0 Å². The summed E-state index contributed by atoms with van der Waals surface area (Å²) in [5.74, 6) is 1.82. The zero-order chi connectivity index (χ0) is 17.7. The van der Waals surface area contributed by atoms with Gasteiger partial charge in [0.2, 0.25) is 5.91 Å². The minimum atomic E-state index is 0.0982. The lowest BCUT2D eigenvalue weighted by Gasteiger charge is -2.40. The van der Waals surface area contributed by atoms with E-state index in [0.717, 1.165) is 51.6 Å². The number of hydrogen-bond donors (Lipinski definition) is 2. The van der Waals surface area contributed by atoms with Crippen molar-refractivity contribution < 1.29 is 9.53 Å². The van der Waals surface area contributed by atoms with Crippen molar-refractivity contribution in [3.8, 4) is 0 Å². The highest BCUT2D eigenvalue weighted by Crippen LogP contribution is 2.36. The third-order valence-electron chi connectivity index (χ3n) is 6.12. The second kappa shape index (κ2) is 8.39. The lowest BCUT2D eigenvalue weighted by Crippen LogP contribution is -2.51. The molecule has 1 spiro atoms. The van der Waals surface area contributed by atoms with Gasteiger partial charge >= 0.3 is 0 Å². The van der Waals surface area contributed by atoms with E-state index < -0.39 is 0 Å². The Balaban J connectivity index is 1.43. The zero-order valence-corrected chi connectivity index (χ0v) is 15.9. The first-order valence-electron chi connectivity index (χ1n) is 9.96. The van der Waals surface area contributed by atoms with Gasteiger partial charge in [-0.1, -0.05) is 19.8 Å². The van der Waals surface area contributed by atoms with E-state index in [4.69, 9.17) is 4.74 Å². The zero-order valence-electron chi connectivity index (χ0n) is 15.9. The van der Waals surface area contributed by atoms with Crippen molar-refractivity contribution in [1.82, 2.24) is 15.5 Å². The van der Waals surface area contributed by atoms with Gasteiger partial charge in [0.15, 0.2) is 5.96 Å². The van der Waals surface area contributed by atoms with Crippen molar-refractivity contribution in [3.63, 3.8) is 0 Å². The number of ether oxygens (including phenoxy) is 1. The van der Waals surface area contributed by atoms with Crippen molar-refractivity contribution in [2.45, 2.75) is 58.0 Å². The second-order valence-electron chi connectivity index (χ2n) is 8.12. The third-order valence-corrected chi connectivity index (χ3v) is 6.12. The summed E-state index contributed by atoms with van der Waals surface area (Å²) in [6.45, 7) is 6.55. The maximum absolute atomic E-state index is 11.7. The average molecular weight is 351 g/mol. The monoisotopic (exact) mass is 350 g/mol. The number of hydrogen-bond acceptors (Lipinski definition) is 3. The van der Waals surface area contributed by atoms with Gasteiger partial charge in [-0.2, -0.15) is 0 Å². The lowest BCUT2D eigenvalue weighted by atomic mass is 9.79. The van der Waals surface area contributed by atoms with E-state index in [2.05, 4.69) is 27.4 Å². The molecule has 0 aromatic carbocycles. The van der Waals surface area contributed by atoms with E-state index in [1.54, 1.807) is 0 Å². The van der Waals surface area contributed by atoms with Crippen molar-refractivity contribution in [1.29, 1.82) is 0 Å². The summed E-state index contributed by atoms with van der Waals surface area (Å²) < 4.78 is 6.09. The maximum Gasteiger partial charge on any atom is 0.220 e. The summed E-state index contributed by atoms with van der Waals surface area (Å²) in [5.41, 5.74) is 0.0982. The van der Waals surface area contributed by atoms with Crippen LogP contribution >= 0.6 is 0 Å². The van der Waals surface area contributed by atoms with Crippen molar-refractivity contribution in [2.24, 2.45) is 16.3 Å². The van der Waals surface area contributed by atoms with E-state index in [1.807, 2.05) is 7.05 Å². The molecule has 0 aromatic heterocycles. The van der Waals surface area contributed by atoms with Gasteiger partial charge in [0.25, 0.3) is 0 Å². The van der Waals surface area contributed by atoms with Crippen LogP contribution in [0, 0.1) is 11.3 Å². The van der Waals surface area contributed by atoms with Crippen LogP contribution in [0.25, 0.3) is 0 Å². The van der Waals surface area contributed by atoms with Crippen molar-refractivity contribution in [3.05, 3.63) is 0 Å². The van der Waals surface area contributed by atoms with Crippen molar-refractivity contribution >= 4 is 11.9 Å². The Bertz CT molecular complexity index is 496. The third kappa shape index (κ3) is 4.66. The Hall–Kier alpha value is -1.30. The molecular formula is C19H34N4O2. The molecule has 2 saturated heterocycles. The Morgan fingerprint density at radius 3 is 2.96 bits per heavy atom. The summed E-state index contributed by atoms with van der Waals surface area (Å²) in [7, 11) is 1.84. The number of likely N-dealkylation sites (tertiary alicyclic amines) is 1. The molecule has 142 valence electrons. The molecule has 25 heavy (non-hydrogen) atoms. The first-order valence-corrected chi connectivity index (χ1v) is 9.96. The van der Waals surface area contributed by atoms with E-state index in [-0.39, 0.29) is 11.3 Å². The summed E-state index contributed by atoms with van der Waals surface area (Å²) >= 11 is 0. The summed E-state index contributed by atoms with van der Waals surface area (Å²) in [6.07, 6.45) is 8.46. The molecule has 2 aliphatic heterocycles. The Labute approximate surface area is 151 Å². The average Bonchev–Trinajstić information content (AvgIpc) is 2.96. The van der Waals surface area contributed by atoms with Crippen LogP contribution in [0.15, 0.2) is 4.99 Å². The number of rotatable bonds is 4. The molecule has 0 aromatic rings.